The van der Waals surface area contributed by atoms with Crippen LogP contribution in [0.25, 0.3) is 10.8 Å². The number of fused-ring (bicyclic) bond motifs is 1. The maximum absolute atomic E-state index is 11.9. The molecule has 3 N–H and O–H groups in total. The minimum absolute atomic E-state index is 0.0591. The van der Waals surface area contributed by atoms with Crippen molar-refractivity contribution < 1.29 is 14.7 Å². The fourth-order valence-corrected chi connectivity index (χ4v) is 2.62. The highest BCUT2D eigenvalue weighted by Gasteiger charge is 2.09. The molecule has 6 heteroatoms. The van der Waals surface area contributed by atoms with Crippen LogP contribution >= 0.6 is 0 Å². The Balaban J connectivity index is 1.60. The molecule has 6 nitrogen and oxygen atoms in total. The molecule has 0 saturated carbocycles. The number of anilines is 1. The molecule has 3 aromatic rings. The largest absolute Gasteiger partial charge is 0.507 e. The Hall–Kier alpha value is -3.67. The highest BCUT2D eigenvalue weighted by molar-refractivity contribution is 6.05. The number of benzene rings is 3. The van der Waals surface area contributed by atoms with E-state index in [0.717, 1.165) is 16.3 Å². The van der Waals surface area contributed by atoms with Crippen molar-refractivity contribution in [2.45, 2.75) is 13.3 Å². The molecule has 0 unspecified atom stereocenters. The van der Waals surface area contributed by atoms with E-state index in [0.29, 0.717) is 11.3 Å². The molecule has 0 fully saturated rings. The molecule has 2 amide bonds. The van der Waals surface area contributed by atoms with E-state index < -0.39 is 11.8 Å². The second kappa shape index (κ2) is 8.14. The summed E-state index contributed by atoms with van der Waals surface area (Å²) in [5.74, 6) is -0.918. The first-order valence-corrected chi connectivity index (χ1v) is 8.42. The molecule has 0 saturated heterocycles. The molecule has 3 aromatic carbocycles. The zero-order valence-corrected chi connectivity index (χ0v) is 14.8. The Bertz CT molecular complexity index is 1010. The number of nitrogens with zero attached hydrogens (tertiary/aromatic N) is 1. The van der Waals surface area contributed by atoms with Crippen LogP contribution < -0.4 is 10.7 Å². The summed E-state index contributed by atoms with van der Waals surface area (Å²) < 4.78 is 0. The highest BCUT2D eigenvalue weighted by atomic mass is 16.3. The number of hydrogen-bond acceptors (Lipinski definition) is 4. The molecule has 0 radical (unpaired) electrons. The number of rotatable bonds is 5. The van der Waals surface area contributed by atoms with Gasteiger partial charge in [-0.1, -0.05) is 48.0 Å². The molecule has 0 aliphatic carbocycles. The molecular weight excluding hydrogens is 342 g/mol. The quantitative estimate of drug-likeness (QED) is 0.370. The first-order valence-electron chi connectivity index (χ1n) is 8.42. The third kappa shape index (κ3) is 4.70. The average molecular weight is 361 g/mol. The summed E-state index contributed by atoms with van der Waals surface area (Å²) >= 11 is 0. The minimum Gasteiger partial charge on any atom is -0.507 e. The van der Waals surface area contributed by atoms with Crippen molar-refractivity contribution in [2.24, 2.45) is 5.10 Å². The summed E-state index contributed by atoms with van der Waals surface area (Å²) in [6.45, 7) is 1.95. The SMILES string of the molecule is Cc1ccc(NC(=O)CC(=O)N/N=C/c2c(O)ccc3ccccc23)cc1. The van der Waals surface area contributed by atoms with Crippen LogP contribution in [0.4, 0.5) is 5.69 Å². The Morgan fingerprint density at radius 3 is 2.52 bits per heavy atom. The van der Waals surface area contributed by atoms with Gasteiger partial charge < -0.3 is 10.4 Å². The molecule has 136 valence electrons. The first kappa shape index (κ1) is 18.1. The number of nitrogens with one attached hydrogen (secondary N) is 2. The maximum atomic E-state index is 11.9. The van der Waals surface area contributed by atoms with Gasteiger partial charge in [-0.2, -0.15) is 5.10 Å². The van der Waals surface area contributed by atoms with E-state index in [1.807, 2.05) is 43.3 Å². The number of carbonyl (C=O) groups excluding carboxylic acids is 2. The van der Waals surface area contributed by atoms with Gasteiger partial charge in [0.2, 0.25) is 11.8 Å². The number of phenolic OH excluding ortho intramolecular Hbond substituents is 1. The van der Waals surface area contributed by atoms with Gasteiger partial charge in [-0.25, -0.2) is 5.43 Å². The van der Waals surface area contributed by atoms with E-state index in [9.17, 15) is 14.7 Å². The Kier molecular flexibility index (Phi) is 5.47. The van der Waals surface area contributed by atoms with Crippen LogP contribution in [-0.2, 0) is 9.59 Å². The fourth-order valence-electron chi connectivity index (χ4n) is 2.62. The zero-order valence-electron chi connectivity index (χ0n) is 14.8. The van der Waals surface area contributed by atoms with Gasteiger partial charge in [-0.05, 0) is 35.9 Å². The third-order valence-electron chi connectivity index (χ3n) is 3.99. The van der Waals surface area contributed by atoms with Crippen LogP contribution in [0, 0.1) is 6.92 Å². The highest BCUT2D eigenvalue weighted by Crippen LogP contribution is 2.25. The van der Waals surface area contributed by atoms with Gasteiger partial charge in [-0.15, -0.1) is 0 Å². The molecule has 0 aliphatic heterocycles. The van der Waals surface area contributed by atoms with Crippen LogP contribution in [0.1, 0.15) is 17.5 Å². The van der Waals surface area contributed by atoms with Crippen LogP contribution in [0.2, 0.25) is 0 Å². The van der Waals surface area contributed by atoms with Gasteiger partial charge in [0.25, 0.3) is 0 Å². The number of hydrazone groups is 1. The molecule has 0 aromatic heterocycles. The van der Waals surface area contributed by atoms with E-state index in [-0.39, 0.29) is 12.2 Å². The summed E-state index contributed by atoms with van der Waals surface area (Å²) in [6.07, 6.45) is 1.01. The van der Waals surface area contributed by atoms with Crippen molar-refractivity contribution in [2.75, 3.05) is 5.32 Å². The molecule has 27 heavy (non-hydrogen) atoms. The van der Waals surface area contributed by atoms with Gasteiger partial charge >= 0.3 is 0 Å². The number of amides is 2. The topological polar surface area (TPSA) is 90.8 Å². The van der Waals surface area contributed by atoms with Crippen molar-refractivity contribution in [3.8, 4) is 5.75 Å². The van der Waals surface area contributed by atoms with Crippen molar-refractivity contribution in [1.82, 2.24) is 5.43 Å². The molecule has 0 bridgehead atoms. The molecule has 0 aliphatic rings. The molecule has 0 spiro atoms. The van der Waals surface area contributed by atoms with Crippen LogP contribution in [0.5, 0.6) is 5.75 Å². The summed E-state index contributed by atoms with van der Waals surface area (Å²) in [4.78, 5) is 23.8. The predicted molar refractivity (Wildman–Crippen MR) is 106 cm³/mol. The minimum atomic E-state index is -0.546. The van der Waals surface area contributed by atoms with E-state index in [4.69, 9.17) is 0 Å². The molecule has 0 atom stereocenters. The number of aryl methyl sites for hydroxylation is 1. The van der Waals surface area contributed by atoms with Gasteiger partial charge in [0.15, 0.2) is 0 Å². The number of aromatic hydroxyl groups is 1. The van der Waals surface area contributed by atoms with Gasteiger partial charge in [0.05, 0.1) is 6.21 Å². The lowest BCUT2D eigenvalue weighted by atomic mass is 10.0. The van der Waals surface area contributed by atoms with Crippen molar-refractivity contribution in [3.63, 3.8) is 0 Å². The normalized spacial score (nSPS) is 10.9. The van der Waals surface area contributed by atoms with Crippen LogP contribution in [-0.4, -0.2) is 23.1 Å². The van der Waals surface area contributed by atoms with Crippen LogP contribution in [0.15, 0.2) is 65.8 Å². The zero-order chi connectivity index (χ0) is 19.2. The van der Waals surface area contributed by atoms with Gasteiger partial charge in [0.1, 0.15) is 12.2 Å². The number of phenols is 1. The number of hydrogen-bond donors (Lipinski definition) is 3. The summed E-state index contributed by atoms with van der Waals surface area (Å²) in [6, 6.07) is 18.2. The van der Waals surface area contributed by atoms with Gasteiger partial charge in [0, 0.05) is 11.3 Å². The maximum Gasteiger partial charge on any atom is 0.249 e. The van der Waals surface area contributed by atoms with Crippen LogP contribution in [0.3, 0.4) is 0 Å². The fraction of sp³-hybridized carbons (Fsp3) is 0.0952. The third-order valence-corrected chi connectivity index (χ3v) is 3.99. The number of carbonyl (C=O) groups is 2. The lowest BCUT2D eigenvalue weighted by Gasteiger charge is -2.06. The van der Waals surface area contributed by atoms with E-state index in [1.165, 1.54) is 6.21 Å². The Morgan fingerprint density at radius 1 is 1.00 bits per heavy atom. The van der Waals surface area contributed by atoms with Gasteiger partial charge in [-0.3, -0.25) is 9.59 Å². The second-order valence-corrected chi connectivity index (χ2v) is 6.10. The first-order chi connectivity index (χ1) is 13.0. The lowest BCUT2D eigenvalue weighted by Crippen LogP contribution is -2.24. The van der Waals surface area contributed by atoms with E-state index in [1.54, 1.807) is 24.3 Å². The molecule has 3 rings (SSSR count). The second-order valence-electron chi connectivity index (χ2n) is 6.10. The monoisotopic (exact) mass is 361 g/mol. The average Bonchev–Trinajstić information content (AvgIpc) is 2.65. The molecule has 0 heterocycles. The summed E-state index contributed by atoms with van der Waals surface area (Å²) in [5, 5.41) is 18.3. The molecular formula is C21H19N3O3. The Morgan fingerprint density at radius 2 is 1.74 bits per heavy atom. The van der Waals surface area contributed by atoms with Crippen molar-refractivity contribution in [3.05, 3.63) is 71.8 Å². The lowest BCUT2D eigenvalue weighted by molar-refractivity contribution is -0.126. The van der Waals surface area contributed by atoms with E-state index >= 15 is 0 Å². The van der Waals surface area contributed by atoms with E-state index in [2.05, 4.69) is 15.8 Å². The summed E-state index contributed by atoms with van der Waals surface area (Å²) in [5.41, 5.74) is 4.51. The van der Waals surface area contributed by atoms with Crippen molar-refractivity contribution >= 4 is 34.5 Å². The smallest absolute Gasteiger partial charge is 0.249 e. The standard InChI is InChI=1S/C21H19N3O3/c1-14-6-9-16(10-7-14)23-20(26)12-21(27)24-22-13-18-17-5-3-2-4-15(17)8-11-19(18)25/h2-11,13,25H,12H2,1H3,(H,23,26)(H,24,27)/b22-13+. The summed E-state index contributed by atoms with van der Waals surface area (Å²) in [7, 11) is 0. The van der Waals surface area contributed by atoms with Crippen molar-refractivity contribution in [1.29, 1.82) is 0 Å². The predicted octanol–water partition coefficient (Wildman–Crippen LogP) is 3.33. The Labute approximate surface area is 156 Å².